The van der Waals surface area contributed by atoms with Gasteiger partial charge in [-0.05, 0) is 49.1 Å². The molecule has 0 amide bonds. The molecule has 1 aromatic rings. The van der Waals surface area contributed by atoms with Gasteiger partial charge in [0.2, 0.25) is 10.0 Å². The second-order valence-corrected chi connectivity index (χ2v) is 7.99. The van der Waals surface area contributed by atoms with Crippen LogP contribution < -0.4 is 11.5 Å². The highest BCUT2D eigenvalue weighted by atomic mass is 32.2. The quantitative estimate of drug-likeness (QED) is 0.719. The van der Waals surface area contributed by atoms with Gasteiger partial charge in [-0.1, -0.05) is 20.8 Å². The van der Waals surface area contributed by atoms with Crippen molar-refractivity contribution in [3.8, 4) is 0 Å². The maximum Gasteiger partial charge on any atom is 0.243 e. The fourth-order valence-corrected chi connectivity index (χ4v) is 3.93. The molecule has 0 aliphatic carbocycles. The molecule has 0 aliphatic rings. The van der Waals surface area contributed by atoms with E-state index in [1.54, 1.807) is 24.3 Å². The fourth-order valence-electron chi connectivity index (χ4n) is 2.29. The maximum atomic E-state index is 12.7. The Labute approximate surface area is 128 Å². The van der Waals surface area contributed by atoms with Crippen LogP contribution in [0.3, 0.4) is 0 Å². The lowest BCUT2D eigenvalue weighted by Crippen LogP contribution is -2.39. The molecule has 4 N–H and O–H groups in total. The second-order valence-electron chi connectivity index (χ2n) is 6.06. The Balaban J connectivity index is 2.95. The minimum Gasteiger partial charge on any atom is -0.399 e. The summed E-state index contributed by atoms with van der Waals surface area (Å²) in [7, 11) is -3.48. The van der Waals surface area contributed by atoms with Gasteiger partial charge in [0.15, 0.2) is 0 Å². The van der Waals surface area contributed by atoms with Crippen LogP contribution in [0.4, 0.5) is 5.69 Å². The molecule has 0 fully saturated rings. The highest BCUT2D eigenvalue weighted by Gasteiger charge is 2.29. The number of sulfonamides is 1. The molecule has 0 unspecified atom stereocenters. The van der Waals surface area contributed by atoms with Gasteiger partial charge in [-0.15, -0.1) is 0 Å². The molecule has 1 rings (SSSR count). The Kier molecular flexibility index (Phi) is 6.19. The highest BCUT2D eigenvalue weighted by molar-refractivity contribution is 7.89. The van der Waals surface area contributed by atoms with Gasteiger partial charge >= 0.3 is 0 Å². The Bertz CT molecular complexity index is 539. The van der Waals surface area contributed by atoms with E-state index in [-0.39, 0.29) is 10.3 Å². The van der Waals surface area contributed by atoms with E-state index in [0.717, 1.165) is 12.8 Å². The van der Waals surface area contributed by atoms with Crippen molar-refractivity contribution in [2.45, 2.75) is 38.5 Å². The number of nitrogen functional groups attached to an aromatic ring is 1. The molecule has 0 radical (unpaired) electrons. The average molecular weight is 313 g/mol. The maximum absolute atomic E-state index is 12.7. The van der Waals surface area contributed by atoms with Crippen LogP contribution in [0.2, 0.25) is 0 Å². The summed E-state index contributed by atoms with van der Waals surface area (Å²) in [6, 6.07) is 6.33. The lowest BCUT2D eigenvalue weighted by Gasteiger charge is -2.31. The van der Waals surface area contributed by atoms with Crippen molar-refractivity contribution in [3.63, 3.8) is 0 Å². The van der Waals surface area contributed by atoms with Gasteiger partial charge in [-0.3, -0.25) is 0 Å². The number of nitrogens with two attached hydrogens (primary N) is 2. The molecule has 120 valence electrons. The summed E-state index contributed by atoms with van der Waals surface area (Å²) >= 11 is 0. The van der Waals surface area contributed by atoms with Crippen molar-refractivity contribution in [1.29, 1.82) is 0 Å². The van der Waals surface area contributed by atoms with E-state index in [0.29, 0.717) is 25.3 Å². The van der Waals surface area contributed by atoms with Gasteiger partial charge in [-0.25, -0.2) is 8.42 Å². The van der Waals surface area contributed by atoms with E-state index in [4.69, 9.17) is 11.5 Å². The third-order valence-electron chi connectivity index (χ3n) is 3.53. The molecule has 0 aliphatic heterocycles. The van der Waals surface area contributed by atoms with Crippen LogP contribution in [0.15, 0.2) is 29.2 Å². The molecular formula is C15H27N3O2S. The number of rotatable bonds is 8. The molecule has 0 spiro atoms. The van der Waals surface area contributed by atoms with E-state index < -0.39 is 10.0 Å². The predicted molar refractivity (Wildman–Crippen MR) is 87.4 cm³/mol. The van der Waals surface area contributed by atoms with Crippen molar-refractivity contribution in [2.75, 3.05) is 25.4 Å². The van der Waals surface area contributed by atoms with Crippen LogP contribution in [0.25, 0.3) is 0 Å². The molecule has 0 heterocycles. The Morgan fingerprint density at radius 2 is 1.76 bits per heavy atom. The first-order chi connectivity index (χ1) is 9.73. The van der Waals surface area contributed by atoms with Crippen molar-refractivity contribution in [3.05, 3.63) is 24.3 Å². The summed E-state index contributed by atoms with van der Waals surface area (Å²) in [5.74, 6) is 0. The zero-order valence-electron chi connectivity index (χ0n) is 13.2. The first-order valence-electron chi connectivity index (χ1n) is 7.28. The van der Waals surface area contributed by atoms with Gasteiger partial charge in [0.1, 0.15) is 0 Å². The molecule has 0 saturated carbocycles. The Hall–Kier alpha value is -1.11. The monoisotopic (exact) mass is 313 g/mol. The number of anilines is 1. The number of hydrogen-bond donors (Lipinski definition) is 2. The first kappa shape index (κ1) is 17.9. The SMILES string of the molecule is CCN(CC(C)(C)CCCN)S(=O)(=O)c1ccc(N)cc1. The number of benzene rings is 1. The van der Waals surface area contributed by atoms with Crippen LogP contribution in [-0.2, 0) is 10.0 Å². The third-order valence-corrected chi connectivity index (χ3v) is 5.47. The topological polar surface area (TPSA) is 89.4 Å². The van der Waals surface area contributed by atoms with E-state index >= 15 is 0 Å². The van der Waals surface area contributed by atoms with Crippen LogP contribution in [0.5, 0.6) is 0 Å². The van der Waals surface area contributed by atoms with E-state index in [1.165, 1.54) is 4.31 Å². The van der Waals surface area contributed by atoms with Gasteiger partial charge < -0.3 is 11.5 Å². The zero-order valence-corrected chi connectivity index (χ0v) is 14.0. The van der Waals surface area contributed by atoms with E-state index in [2.05, 4.69) is 13.8 Å². The normalized spacial score (nSPS) is 12.8. The highest BCUT2D eigenvalue weighted by Crippen LogP contribution is 2.27. The lowest BCUT2D eigenvalue weighted by molar-refractivity contribution is 0.244. The average Bonchev–Trinajstić information content (AvgIpc) is 2.43. The zero-order chi connectivity index (χ0) is 16.1. The minimum absolute atomic E-state index is 0.101. The lowest BCUT2D eigenvalue weighted by atomic mass is 9.88. The van der Waals surface area contributed by atoms with Crippen LogP contribution in [0.1, 0.15) is 33.6 Å². The molecule has 21 heavy (non-hydrogen) atoms. The molecule has 6 heteroatoms. The van der Waals surface area contributed by atoms with Crippen LogP contribution in [0, 0.1) is 5.41 Å². The first-order valence-corrected chi connectivity index (χ1v) is 8.73. The minimum atomic E-state index is -3.48. The van der Waals surface area contributed by atoms with Crippen LogP contribution >= 0.6 is 0 Å². The summed E-state index contributed by atoms with van der Waals surface area (Å²) in [6.07, 6.45) is 1.80. The second kappa shape index (κ2) is 7.24. The number of nitrogens with zero attached hydrogens (tertiary/aromatic N) is 1. The van der Waals surface area contributed by atoms with Crippen molar-refractivity contribution >= 4 is 15.7 Å². The fraction of sp³-hybridized carbons (Fsp3) is 0.600. The summed E-state index contributed by atoms with van der Waals surface area (Å²) in [6.45, 7) is 7.55. The van der Waals surface area contributed by atoms with E-state index in [9.17, 15) is 8.42 Å². The van der Waals surface area contributed by atoms with Gasteiger partial charge in [0.25, 0.3) is 0 Å². The summed E-state index contributed by atoms with van der Waals surface area (Å²) in [5, 5.41) is 0. The van der Waals surface area contributed by atoms with Crippen molar-refractivity contribution in [2.24, 2.45) is 11.1 Å². The predicted octanol–water partition coefficient (Wildman–Crippen LogP) is 2.04. The van der Waals surface area contributed by atoms with Crippen molar-refractivity contribution in [1.82, 2.24) is 4.31 Å². The molecule has 0 saturated heterocycles. The van der Waals surface area contributed by atoms with Crippen LogP contribution in [-0.4, -0.2) is 32.4 Å². The van der Waals surface area contributed by atoms with E-state index in [1.807, 2.05) is 6.92 Å². The molecule has 0 bridgehead atoms. The summed E-state index contributed by atoms with van der Waals surface area (Å²) in [4.78, 5) is 0.285. The standard InChI is InChI=1S/C15H27N3O2S/c1-4-18(12-15(2,3)10-5-11-16)21(19,20)14-8-6-13(17)7-9-14/h6-9H,4-5,10-12,16-17H2,1-3H3. The summed E-state index contributed by atoms with van der Waals surface area (Å²) < 4.78 is 26.9. The Morgan fingerprint density at radius 1 is 1.19 bits per heavy atom. The largest absolute Gasteiger partial charge is 0.399 e. The van der Waals surface area contributed by atoms with Crippen molar-refractivity contribution < 1.29 is 8.42 Å². The summed E-state index contributed by atoms with van der Waals surface area (Å²) in [5.41, 5.74) is 11.6. The van der Waals surface area contributed by atoms with Gasteiger partial charge in [0.05, 0.1) is 4.90 Å². The third kappa shape index (κ3) is 4.98. The Morgan fingerprint density at radius 3 is 2.24 bits per heavy atom. The molecule has 5 nitrogen and oxygen atoms in total. The molecule has 0 aromatic heterocycles. The molecule has 1 aromatic carbocycles. The van der Waals surface area contributed by atoms with Gasteiger partial charge in [0, 0.05) is 18.8 Å². The number of hydrogen-bond acceptors (Lipinski definition) is 4. The van der Waals surface area contributed by atoms with Gasteiger partial charge in [-0.2, -0.15) is 4.31 Å². The molecule has 0 atom stereocenters. The smallest absolute Gasteiger partial charge is 0.243 e. The molecular weight excluding hydrogens is 286 g/mol.